The van der Waals surface area contributed by atoms with Gasteiger partial charge in [-0.3, -0.25) is 14.5 Å². The molecule has 7 nitrogen and oxygen atoms in total. The Morgan fingerprint density at radius 1 is 1.12 bits per heavy atom. The first-order valence-corrected chi connectivity index (χ1v) is 11.3. The van der Waals surface area contributed by atoms with E-state index in [4.69, 9.17) is 25.5 Å². The molecule has 0 saturated carbocycles. The van der Waals surface area contributed by atoms with E-state index >= 15 is 0 Å². The van der Waals surface area contributed by atoms with Crippen LogP contribution in [0.2, 0.25) is 5.02 Å². The molecule has 1 aliphatic rings. The van der Waals surface area contributed by atoms with Gasteiger partial charge in [0.25, 0.3) is 5.91 Å². The van der Waals surface area contributed by atoms with Gasteiger partial charge in [0.05, 0.1) is 30.9 Å². The molecule has 5 rings (SSSR count). The lowest BCUT2D eigenvalue weighted by Gasteiger charge is -2.24. The maximum Gasteiger partial charge on any atom is 0.297 e. The quantitative estimate of drug-likeness (QED) is 0.393. The number of thiazole rings is 1. The lowest BCUT2D eigenvalue weighted by atomic mass is 9.97. The summed E-state index contributed by atoms with van der Waals surface area (Å²) < 4.78 is 17.1. The summed E-state index contributed by atoms with van der Waals surface area (Å²) in [6, 6.07) is 9.28. The highest BCUT2D eigenvalue weighted by atomic mass is 35.5. The van der Waals surface area contributed by atoms with Crippen molar-refractivity contribution in [3.05, 3.63) is 79.1 Å². The number of ether oxygens (including phenoxy) is 2. The number of nitrogens with zero attached hydrogens (tertiary/aromatic N) is 2. The van der Waals surface area contributed by atoms with Crippen LogP contribution in [-0.2, 0) is 0 Å². The summed E-state index contributed by atoms with van der Waals surface area (Å²) >= 11 is 7.53. The zero-order valence-electron chi connectivity index (χ0n) is 18.3. The fourth-order valence-corrected chi connectivity index (χ4v) is 5.23. The molecular weight excluding hydrogens is 464 g/mol. The van der Waals surface area contributed by atoms with Crippen molar-refractivity contribution >= 4 is 44.9 Å². The van der Waals surface area contributed by atoms with Crippen LogP contribution in [0.5, 0.6) is 11.5 Å². The molecule has 2 aromatic heterocycles. The van der Waals surface area contributed by atoms with Gasteiger partial charge in [-0.25, -0.2) is 4.98 Å². The van der Waals surface area contributed by atoms with Crippen molar-refractivity contribution in [2.24, 2.45) is 0 Å². The minimum absolute atomic E-state index is 0.0183. The molecule has 1 aliphatic heterocycles. The number of amides is 1. The summed E-state index contributed by atoms with van der Waals surface area (Å²) in [6.45, 7) is 3.81. The number of benzene rings is 2. The van der Waals surface area contributed by atoms with E-state index in [0.29, 0.717) is 38.2 Å². The monoisotopic (exact) mass is 482 g/mol. The molecule has 168 valence electrons. The largest absolute Gasteiger partial charge is 0.493 e. The number of hydrogen-bond acceptors (Lipinski definition) is 7. The van der Waals surface area contributed by atoms with Gasteiger partial charge in [-0.05, 0) is 38.1 Å². The van der Waals surface area contributed by atoms with Crippen LogP contribution in [0.25, 0.3) is 11.0 Å². The zero-order chi connectivity index (χ0) is 23.4. The number of para-hydroxylation sites is 1. The number of carbonyl (C=O) groups excluding carboxylic acids is 1. The molecule has 0 saturated heterocycles. The Bertz CT molecular complexity index is 1470. The van der Waals surface area contributed by atoms with Gasteiger partial charge in [0.1, 0.15) is 11.6 Å². The van der Waals surface area contributed by atoms with E-state index in [0.717, 1.165) is 10.6 Å². The normalized spacial score (nSPS) is 15.2. The zero-order valence-corrected chi connectivity index (χ0v) is 19.8. The second kappa shape index (κ2) is 7.90. The van der Waals surface area contributed by atoms with E-state index in [1.54, 1.807) is 36.4 Å². The third kappa shape index (κ3) is 3.20. The first-order chi connectivity index (χ1) is 15.8. The summed E-state index contributed by atoms with van der Waals surface area (Å²) in [7, 11) is 3.05. The maximum atomic E-state index is 13.7. The number of rotatable bonds is 4. The van der Waals surface area contributed by atoms with Crippen molar-refractivity contribution in [1.82, 2.24) is 4.98 Å². The third-order valence-electron chi connectivity index (χ3n) is 5.78. The van der Waals surface area contributed by atoms with Crippen LogP contribution in [0.15, 0.2) is 45.6 Å². The Morgan fingerprint density at radius 3 is 2.58 bits per heavy atom. The van der Waals surface area contributed by atoms with Crippen molar-refractivity contribution in [3.63, 3.8) is 0 Å². The molecule has 4 aromatic rings. The topological polar surface area (TPSA) is 81.9 Å². The fourth-order valence-electron chi connectivity index (χ4n) is 4.12. The number of anilines is 1. The van der Waals surface area contributed by atoms with Crippen LogP contribution in [0.3, 0.4) is 0 Å². The van der Waals surface area contributed by atoms with Crippen molar-refractivity contribution in [2.75, 3.05) is 19.1 Å². The minimum Gasteiger partial charge on any atom is -0.493 e. The number of aromatic nitrogens is 1. The second-order valence-corrected chi connectivity index (χ2v) is 9.23. The van der Waals surface area contributed by atoms with Gasteiger partial charge in [-0.15, -0.1) is 11.3 Å². The number of methoxy groups -OCH3 is 2. The Labute approximate surface area is 198 Å². The van der Waals surface area contributed by atoms with Crippen LogP contribution < -0.4 is 19.8 Å². The molecule has 0 fully saturated rings. The molecule has 1 atom stereocenters. The predicted octanol–water partition coefficient (Wildman–Crippen LogP) is 5.29. The van der Waals surface area contributed by atoms with Crippen LogP contribution in [0, 0.1) is 13.8 Å². The Kier molecular flexibility index (Phi) is 5.14. The highest BCUT2D eigenvalue weighted by Gasteiger charge is 2.46. The number of halogens is 1. The van der Waals surface area contributed by atoms with Gasteiger partial charge in [0.2, 0.25) is 5.76 Å². The number of carbonyl (C=O) groups is 1. The highest BCUT2D eigenvalue weighted by molar-refractivity contribution is 7.15. The summed E-state index contributed by atoms with van der Waals surface area (Å²) in [5.74, 6) is 0.444. The summed E-state index contributed by atoms with van der Waals surface area (Å²) in [5.41, 5.74) is 1.58. The van der Waals surface area contributed by atoms with E-state index in [2.05, 4.69) is 4.98 Å². The van der Waals surface area contributed by atoms with Crippen molar-refractivity contribution in [1.29, 1.82) is 0 Å². The molecule has 0 radical (unpaired) electrons. The van der Waals surface area contributed by atoms with E-state index in [9.17, 15) is 9.59 Å². The minimum atomic E-state index is -0.817. The van der Waals surface area contributed by atoms with Gasteiger partial charge < -0.3 is 13.9 Å². The lowest BCUT2D eigenvalue weighted by molar-refractivity contribution is 0.0970. The van der Waals surface area contributed by atoms with Crippen molar-refractivity contribution in [2.45, 2.75) is 19.9 Å². The van der Waals surface area contributed by atoms with E-state index in [-0.39, 0.29) is 16.8 Å². The number of aryl methyl sites for hydroxylation is 2. The predicted molar refractivity (Wildman–Crippen MR) is 127 cm³/mol. The summed E-state index contributed by atoms with van der Waals surface area (Å²) in [5, 5.41) is 1.17. The highest BCUT2D eigenvalue weighted by Crippen LogP contribution is 2.47. The number of hydrogen-bond donors (Lipinski definition) is 0. The Hall–Kier alpha value is -3.36. The average Bonchev–Trinajstić information content (AvgIpc) is 3.29. The second-order valence-electron chi connectivity index (χ2n) is 7.61. The van der Waals surface area contributed by atoms with Crippen LogP contribution in [0.4, 0.5) is 5.13 Å². The summed E-state index contributed by atoms with van der Waals surface area (Å²) in [6.07, 6.45) is 0. The molecule has 0 aliphatic carbocycles. The van der Waals surface area contributed by atoms with E-state index in [1.165, 1.54) is 30.5 Å². The smallest absolute Gasteiger partial charge is 0.297 e. The fraction of sp³-hybridized carbons (Fsp3) is 0.208. The molecule has 0 bridgehead atoms. The van der Waals surface area contributed by atoms with Crippen molar-refractivity contribution < 1.29 is 18.7 Å². The Morgan fingerprint density at radius 2 is 1.91 bits per heavy atom. The molecule has 2 aromatic carbocycles. The SMILES string of the molecule is COc1cccc(C2c3c(oc4ccc(Cl)cc4c3=O)C(=O)N2c2nc(C)c(C)s2)c1OC. The molecule has 0 spiro atoms. The van der Waals surface area contributed by atoms with Gasteiger partial charge in [-0.2, -0.15) is 0 Å². The molecule has 3 heterocycles. The van der Waals surface area contributed by atoms with Crippen molar-refractivity contribution in [3.8, 4) is 11.5 Å². The molecular formula is C24H19ClN2O5S. The lowest BCUT2D eigenvalue weighted by Crippen LogP contribution is -2.29. The molecule has 0 N–H and O–H groups in total. The first-order valence-electron chi connectivity index (χ1n) is 10.1. The van der Waals surface area contributed by atoms with Gasteiger partial charge >= 0.3 is 0 Å². The van der Waals surface area contributed by atoms with Crippen LogP contribution >= 0.6 is 22.9 Å². The first kappa shape index (κ1) is 21.5. The maximum absolute atomic E-state index is 13.7. The molecule has 9 heteroatoms. The number of fused-ring (bicyclic) bond motifs is 2. The van der Waals surface area contributed by atoms with Gasteiger partial charge in [0.15, 0.2) is 22.1 Å². The molecule has 1 unspecified atom stereocenters. The van der Waals surface area contributed by atoms with E-state index in [1.807, 2.05) is 13.8 Å². The molecule has 33 heavy (non-hydrogen) atoms. The van der Waals surface area contributed by atoms with Crippen LogP contribution in [0.1, 0.15) is 38.3 Å². The van der Waals surface area contributed by atoms with Gasteiger partial charge in [-0.1, -0.05) is 23.7 Å². The third-order valence-corrected chi connectivity index (χ3v) is 7.09. The van der Waals surface area contributed by atoms with Gasteiger partial charge in [0, 0.05) is 15.5 Å². The van der Waals surface area contributed by atoms with E-state index < -0.39 is 11.9 Å². The standard InChI is InChI=1S/C24H19ClN2O5S/c1-11-12(2)33-24(26-11)27-19(14-6-5-7-17(30-3)21(14)31-4)18-20(28)15-10-13(25)8-9-16(15)32-22(18)23(27)29/h5-10,19H,1-4H3. The average molecular weight is 483 g/mol. The Balaban J connectivity index is 1.87. The van der Waals surface area contributed by atoms with Crippen LogP contribution in [-0.4, -0.2) is 25.1 Å². The molecule has 1 amide bonds. The summed E-state index contributed by atoms with van der Waals surface area (Å²) in [4.78, 5) is 34.5.